The second-order valence-corrected chi connectivity index (χ2v) is 8.33. The van der Waals surface area contributed by atoms with Gasteiger partial charge in [0.05, 0.1) is 0 Å². The number of sulfonamides is 1. The van der Waals surface area contributed by atoms with E-state index < -0.39 is 32.4 Å². The van der Waals surface area contributed by atoms with Crippen LogP contribution >= 0.6 is 11.6 Å². The van der Waals surface area contributed by atoms with Crippen molar-refractivity contribution < 1.29 is 21.6 Å². The first-order valence-corrected chi connectivity index (χ1v) is 9.71. The predicted octanol–water partition coefficient (Wildman–Crippen LogP) is 3.26. The van der Waals surface area contributed by atoms with Crippen LogP contribution in [0.25, 0.3) is 0 Å². The smallest absolute Gasteiger partial charge is 0.246 e. The van der Waals surface area contributed by atoms with Gasteiger partial charge in [-0.15, -0.1) is 0 Å². The fraction of sp³-hybridized carbons (Fsp3) is 0.294. The van der Waals surface area contributed by atoms with Crippen LogP contribution in [0.3, 0.4) is 0 Å². The average Bonchev–Trinajstić information content (AvgIpc) is 2.60. The largest absolute Gasteiger partial charge is 0.296 e. The molecule has 0 radical (unpaired) electrons. The minimum absolute atomic E-state index is 0.126. The van der Waals surface area contributed by atoms with E-state index >= 15 is 0 Å². The van der Waals surface area contributed by atoms with Gasteiger partial charge >= 0.3 is 0 Å². The predicted molar refractivity (Wildman–Crippen MR) is 91.8 cm³/mol. The first-order chi connectivity index (χ1) is 12.3. The lowest BCUT2D eigenvalue weighted by Crippen LogP contribution is -2.48. The summed E-state index contributed by atoms with van der Waals surface area (Å²) >= 11 is 5.95. The van der Waals surface area contributed by atoms with Crippen LogP contribution in [0, 0.1) is 17.5 Å². The van der Waals surface area contributed by atoms with Crippen LogP contribution in [0.1, 0.15) is 5.56 Å². The second-order valence-electron chi connectivity index (χ2n) is 5.98. The maximum absolute atomic E-state index is 13.9. The molecule has 26 heavy (non-hydrogen) atoms. The van der Waals surface area contributed by atoms with Gasteiger partial charge in [-0.25, -0.2) is 21.6 Å². The normalized spacial score (nSPS) is 16.8. The molecule has 1 aliphatic rings. The second kappa shape index (κ2) is 7.56. The van der Waals surface area contributed by atoms with E-state index in [1.54, 1.807) is 6.07 Å². The number of benzene rings is 2. The highest BCUT2D eigenvalue weighted by atomic mass is 35.5. The van der Waals surface area contributed by atoms with Crippen molar-refractivity contribution in [2.45, 2.75) is 11.4 Å². The Morgan fingerprint density at radius 2 is 1.65 bits per heavy atom. The van der Waals surface area contributed by atoms with Crippen molar-refractivity contribution in [1.29, 1.82) is 0 Å². The van der Waals surface area contributed by atoms with Crippen molar-refractivity contribution in [1.82, 2.24) is 9.21 Å². The van der Waals surface area contributed by atoms with Crippen LogP contribution in [0.15, 0.2) is 41.3 Å². The maximum Gasteiger partial charge on any atom is 0.246 e. The van der Waals surface area contributed by atoms with E-state index in [0.717, 1.165) is 15.9 Å². The molecule has 0 unspecified atom stereocenters. The minimum atomic E-state index is -4.23. The summed E-state index contributed by atoms with van der Waals surface area (Å²) in [7, 11) is -4.23. The molecule has 0 bridgehead atoms. The third-order valence-corrected chi connectivity index (χ3v) is 6.40. The molecular formula is C17H16ClF3N2O2S. The van der Waals surface area contributed by atoms with Gasteiger partial charge in [-0.1, -0.05) is 23.7 Å². The molecule has 0 N–H and O–H groups in total. The van der Waals surface area contributed by atoms with Crippen molar-refractivity contribution in [3.63, 3.8) is 0 Å². The molecule has 9 heteroatoms. The molecule has 3 rings (SSSR count). The third kappa shape index (κ3) is 3.88. The summed E-state index contributed by atoms with van der Waals surface area (Å²) in [5.74, 6) is -4.90. The van der Waals surface area contributed by atoms with Crippen LogP contribution in [0.5, 0.6) is 0 Å². The highest BCUT2D eigenvalue weighted by Gasteiger charge is 2.32. The number of piperazine rings is 1. The van der Waals surface area contributed by atoms with Crippen LogP contribution in [-0.2, 0) is 16.6 Å². The molecule has 140 valence electrons. The molecule has 2 aromatic rings. The lowest BCUT2D eigenvalue weighted by atomic mass is 10.2. The number of nitrogens with zero attached hydrogens (tertiary/aromatic N) is 2. The highest BCUT2D eigenvalue weighted by Crippen LogP contribution is 2.24. The number of hydrogen-bond donors (Lipinski definition) is 0. The van der Waals surface area contributed by atoms with Crippen LogP contribution in [-0.4, -0.2) is 43.8 Å². The zero-order valence-corrected chi connectivity index (χ0v) is 15.2. The molecule has 0 aliphatic carbocycles. The van der Waals surface area contributed by atoms with Crippen molar-refractivity contribution in [3.05, 3.63) is 64.4 Å². The lowest BCUT2D eigenvalue weighted by Gasteiger charge is -2.34. The van der Waals surface area contributed by atoms with Gasteiger partial charge in [0, 0.05) is 37.7 Å². The maximum atomic E-state index is 13.9. The molecule has 1 heterocycles. The first-order valence-electron chi connectivity index (χ1n) is 7.89. The Balaban J connectivity index is 1.70. The Bertz CT molecular complexity index is 916. The number of rotatable bonds is 4. The van der Waals surface area contributed by atoms with Gasteiger partial charge in [0.1, 0.15) is 4.90 Å². The fourth-order valence-corrected chi connectivity index (χ4v) is 4.56. The Morgan fingerprint density at radius 3 is 2.31 bits per heavy atom. The summed E-state index contributed by atoms with van der Waals surface area (Å²) in [5.41, 5.74) is 1.00. The van der Waals surface area contributed by atoms with Crippen molar-refractivity contribution in [2.75, 3.05) is 26.2 Å². The summed E-state index contributed by atoms with van der Waals surface area (Å²) in [6.07, 6.45) is 0. The van der Waals surface area contributed by atoms with Crippen molar-refractivity contribution in [2.24, 2.45) is 0 Å². The lowest BCUT2D eigenvalue weighted by molar-refractivity contribution is 0.181. The topological polar surface area (TPSA) is 40.6 Å². The molecule has 2 aromatic carbocycles. The zero-order chi connectivity index (χ0) is 18.9. The molecular weight excluding hydrogens is 389 g/mol. The van der Waals surface area contributed by atoms with Gasteiger partial charge in [-0.2, -0.15) is 4.31 Å². The monoisotopic (exact) mass is 404 g/mol. The van der Waals surface area contributed by atoms with E-state index in [9.17, 15) is 21.6 Å². The standard InChI is InChI=1S/C17H16ClF3N2O2S/c18-13-3-1-2-12(10-13)11-22-6-8-23(9-7-22)26(24,25)15-5-4-14(19)16(20)17(15)21/h1-5,10H,6-9,11H2. The van der Waals surface area contributed by atoms with E-state index in [1.807, 2.05) is 23.1 Å². The van der Waals surface area contributed by atoms with Crippen molar-refractivity contribution in [3.8, 4) is 0 Å². The number of halogens is 4. The van der Waals surface area contributed by atoms with Gasteiger partial charge in [-0.3, -0.25) is 4.90 Å². The van der Waals surface area contributed by atoms with Gasteiger partial charge in [0.15, 0.2) is 17.5 Å². The first kappa shape index (κ1) is 19.2. The van der Waals surface area contributed by atoms with Gasteiger partial charge in [-0.05, 0) is 29.8 Å². The fourth-order valence-electron chi connectivity index (χ4n) is 2.87. The molecule has 0 saturated carbocycles. The van der Waals surface area contributed by atoms with Crippen LogP contribution in [0.4, 0.5) is 13.2 Å². The van der Waals surface area contributed by atoms with E-state index in [0.29, 0.717) is 30.7 Å². The minimum Gasteiger partial charge on any atom is -0.296 e. The Kier molecular flexibility index (Phi) is 5.57. The van der Waals surface area contributed by atoms with E-state index in [-0.39, 0.29) is 13.1 Å². The molecule has 4 nitrogen and oxygen atoms in total. The van der Waals surface area contributed by atoms with E-state index in [2.05, 4.69) is 0 Å². The molecule has 1 fully saturated rings. The summed E-state index contributed by atoms with van der Waals surface area (Å²) in [4.78, 5) is 1.19. The summed E-state index contributed by atoms with van der Waals surface area (Å²) < 4.78 is 66.4. The highest BCUT2D eigenvalue weighted by molar-refractivity contribution is 7.89. The van der Waals surface area contributed by atoms with Gasteiger partial charge in [0.2, 0.25) is 10.0 Å². The van der Waals surface area contributed by atoms with Gasteiger partial charge < -0.3 is 0 Å². The van der Waals surface area contributed by atoms with Crippen molar-refractivity contribution >= 4 is 21.6 Å². The number of hydrogen-bond acceptors (Lipinski definition) is 3. The molecule has 1 aliphatic heterocycles. The third-order valence-electron chi connectivity index (χ3n) is 4.24. The Labute approximate surface area is 154 Å². The summed E-state index contributed by atoms with van der Waals surface area (Å²) in [6.45, 7) is 1.71. The molecule has 0 spiro atoms. The zero-order valence-electron chi connectivity index (χ0n) is 13.6. The van der Waals surface area contributed by atoms with Gasteiger partial charge in [0.25, 0.3) is 0 Å². The molecule has 0 aromatic heterocycles. The Hall–Kier alpha value is -1.61. The molecule has 0 amide bonds. The quantitative estimate of drug-likeness (QED) is 0.734. The van der Waals surface area contributed by atoms with Crippen LogP contribution < -0.4 is 0 Å². The van der Waals surface area contributed by atoms with E-state index in [1.165, 1.54) is 0 Å². The molecule has 0 atom stereocenters. The summed E-state index contributed by atoms with van der Waals surface area (Å²) in [6, 6.07) is 8.73. The Morgan fingerprint density at radius 1 is 0.962 bits per heavy atom. The molecule has 1 saturated heterocycles. The SMILES string of the molecule is O=S(=O)(c1ccc(F)c(F)c1F)N1CCN(Cc2cccc(Cl)c2)CC1. The van der Waals surface area contributed by atoms with E-state index in [4.69, 9.17) is 11.6 Å². The summed E-state index contributed by atoms with van der Waals surface area (Å²) in [5, 5.41) is 0.623. The average molecular weight is 405 g/mol. The van der Waals surface area contributed by atoms with Crippen LogP contribution in [0.2, 0.25) is 5.02 Å².